The number of aliphatic hydroxyl groups is 1. The van der Waals surface area contributed by atoms with Crippen molar-refractivity contribution < 1.29 is 24.9 Å². The van der Waals surface area contributed by atoms with Crippen LogP contribution in [0.5, 0.6) is 11.5 Å². The molecule has 156 valence electrons. The second-order valence-electron chi connectivity index (χ2n) is 9.71. The smallest absolute Gasteiger partial charge is 0.317 e. The summed E-state index contributed by atoms with van der Waals surface area (Å²) < 4.78 is 6.36. The number of nitrogens with zero attached hydrogens (tertiary/aromatic N) is 1. The van der Waals surface area contributed by atoms with E-state index >= 15 is 0 Å². The zero-order valence-electron chi connectivity index (χ0n) is 16.4. The Balaban J connectivity index is 1.47. The fourth-order valence-electron chi connectivity index (χ4n) is 6.91. The third-order valence-electron chi connectivity index (χ3n) is 8.28. The summed E-state index contributed by atoms with van der Waals surface area (Å²) in [6.07, 6.45) is 5.03. The van der Waals surface area contributed by atoms with Gasteiger partial charge < -0.3 is 25.4 Å². The van der Waals surface area contributed by atoms with Crippen molar-refractivity contribution in [2.24, 2.45) is 5.92 Å². The van der Waals surface area contributed by atoms with Crippen LogP contribution >= 0.6 is 0 Å². The standard InChI is InChI=1S/C22H28N2O5/c25-15-4-3-13-9-16-22(28)6-5-14(23-10-17(26)27)20-21(22,18(13)19(15)29-20)7-8-24(16)11-12-1-2-12/h3-4,12,14,16,20,23,25,28H,1-2,5-11H2,(H,26,27)/t14?,16-,20+,21+,22-/m1/s1. The lowest BCUT2D eigenvalue weighted by atomic mass is 9.48. The van der Waals surface area contributed by atoms with Gasteiger partial charge in [-0.25, -0.2) is 0 Å². The molecule has 3 aliphatic carbocycles. The highest BCUT2D eigenvalue weighted by molar-refractivity contribution is 5.69. The Morgan fingerprint density at radius 1 is 1.28 bits per heavy atom. The van der Waals surface area contributed by atoms with Crippen molar-refractivity contribution in [3.8, 4) is 11.5 Å². The molecule has 1 aromatic carbocycles. The summed E-state index contributed by atoms with van der Waals surface area (Å²) >= 11 is 0. The van der Waals surface area contributed by atoms with Crippen LogP contribution in [0.3, 0.4) is 0 Å². The van der Waals surface area contributed by atoms with E-state index in [0.717, 1.165) is 43.0 Å². The van der Waals surface area contributed by atoms with Crippen molar-refractivity contribution in [1.29, 1.82) is 0 Å². The summed E-state index contributed by atoms with van der Waals surface area (Å²) in [6.45, 7) is 1.82. The van der Waals surface area contributed by atoms with E-state index in [1.165, 1.54) is 12.8 Å². The summed E-state index contributed by atoms with van der Waals surface area (Å²) in [4.78, 5) is 13.7. The highest BCUT2D eigenvalue weighted by atomic mass is 16.5. The quantitative estimate of drug-likeness (QED) is 0.585. The summed E-state index contributed by atoms with van der Waals surface area (Å²) in [5, 5.41) is 35.1. The van der Waals surface area contributed by atoms with Crippen molar-refractivity contribution in [3.63, 3.8) is 0 Å². The minimum atomic E-state index is -0.918. The molecule has 0 radical (unpaired) electrons. The molecule has 7 heteroatoms. The van der Waals surface area contributed by atoms with Gasteiger partial charge in [-0.1, -0.05) is 6.07 Å². The van der Waals surface area contributed by atoms with Crippen molar-refractivity contribution in [2.45, 2.75) is 67.7 Å². The van der Waals surface area contributed by atoms with Gasteiger partial charge in [0.05, 0.1) is 17.6 Å². The molecule has 7 nitrogen and oxygen atoms in total. The maximum absolute atomic E-state index is 12.3. The van der Waals surface area contributed by atoms with Crippen LogP contribution in [0.4, 0.5) is 0 Å². The normalized spacial score (nSPS) is 39.7. The SMILES string of the molecule is O=C(O)CNC1CC[C@@]2(O)[C@H]3Cc4ccc(O)c5c4[C@@]2(CCN3CC2CC2)[C@H]1O5. The molecule has 1 saturated heterocycles. The molecule has 0 aromatic heterocycles. The second-order valence-corrected chi connectivity index (χ2v) is 9.71. The fourth-order valence-corrected chi connectivity index (χ4v) is 6.91. The maximum atomic E-state index is 12.3. The lowest BCUT2D eigenvalue weighted by molar-refractivity contribution is -0.191. The van der Waals surface area contributed by atoms with Gasteiger partial charge in [0.2, 0.25) is 0 Å². The Hall–Kier alpha value is -1.83. The van der Waals surface area contributed by atoms with E-state index in [1.54, 1.807) is 6.07 Å². The van der Waals surface area contributed by atoms with Gasteiger partial charge in [0.15, 0.2) is 11.5 Å². The number of benzene rings is 1. The van der Waals surface area contributed by atoms with Crippen LogP contribution in [-0.2, 0) is 16.6 Å². The predicted octanol–water partition coefficient (Wildman–Crippen LogP) is 0.999. The Morgan fingerprint density at radius 2 is 2.10 bits per heavy atom. The van der Waals surface area contributed by atoms with Crippen molar-refractivity contribution in [3.05, 3.63) is 23.3 Å². The van der Waals surface area contributed by atoms with E-state index in [9.17, 15) is 15.0 Å². The zero-order chi connectivity index (χ0) is 20.0. The molecule has 2 aliphatic heterocycles. The molecular weight excluding hydrogens is 372 g/mol. The van der Waals surface area contributed by atoms with E-state index in [2.05, 4.69) is 10.2 Å². The number of carboxylic acids is 1. The molecule has 5 aliphatic rings. The Morgan fingerprint density at radius 3 is 2.86 bits per heavy atom. The number of ether oxygens (including phenoxy) is 1. The first kappa shape index (κ1) is 18.0. The number of piperidine rings is 1. The number of rotatable bonds is 5. The number of carboxylic acid groups (broad SMARTS) is 1. The van der Waals surface area contributed by atoms with Gasteiger partial charge in [0.25, 0.3) is 0 Å². The Kier molecular flexibility index (Phi) is 3.64. The average molecular weight is 400 g/mol. The van der Waals surface area contributed by atoms with Crippen molar-refractivity contribution >= 4 is 5.97 Å². The first-order valence-electron chi connectivity index (χ1n) is 10.9. The van der Waals surface area contributed by atoms with Crippen LogP contribution in [0.15, 0.2) is 12.1 Å². The largest absolute Gasteiger partial charge is 0.504 e. The van der Waals surface area contributed by atoms with E-state index in [-0.39, 0.29) is 30.5 Å². The number of nitrogens with one attached hydrogen (secondary N) is 1. The average Bonchev–Trinajstić information content (AvgIpc) is 3.42. The van der Waals surface area contributed by atoms with E-state index < -0.39 is 17.0 Å². The minimum absolute atomic E-state index is 0.0476. The zero-order valence-corrected chi connectivity index (χ0v) is 16.4. The highest BCUT2D eigenvalue weighted by Gasteiger charge is 2.72. The number of hydrogen-bond acceptors (Lipinski definition) is 6. The number of carbonyl (C=O) groups is 1. The van der Waals surface area contributed by atoms with Crippen LogP contribution in [0.1, 0.15) is 43.2 Å². The summed E-state index contributed by atoms with van der Waals surface area (Å²) in [5.41, 5.74) is 0.634. The molecule has 1 spiro atoms. The third kappa shape index (κ3) is 2.26. The molecule has 2 saturated carbocycles. The number of likely N-dealkylation sites (tertiary alicyclic amines) is 1. The molecule has 4 N–H and O–H groups in total. The topological polar surface area (TPSA) is 102 Å². The molecule has 1 aromatic rings. The van der Waals surface area contributed by atoms with Crippen LogP contribution in [0.2, 0.25) is 0 Å². The molecule has 2 bridgehead atoms. The molecule has 5 atom stereocenters. The fraction of sp³-hybridized carbons (Fsp3) is 0.682. The first-order chi connectivity index (χ1) is 13.9. The number of phenols is 1. The minimum Gasteiger partial charge on any atom is -0.504 e. The van der Waals surface area contributed by atoms with Crippen LogP contribution < -0.4 is 10.1 Å². The van der Waals surface area contributed by atoms with Gasteiger partial charge in [0, 0.05) is 24.2 Å². The molecule has 1 unspecified atom stereocenters. The monoisotopic (exact) mass is 400 g/mol. The van der Waals surface area contributed by atoms with Crippen LogP contribution in [0, 0.1) is 5.92 Å². The van der Waals surface area contributed by atoms with Crippen LogP contribution in [-0.4, -0.2) is 69.6 Å². The van der Waals surface area contributed by atoms with Gasteiger partial charge in [0.1, 0.15) is 6.10 Å². The summed E-state index contributed by atoms with van der Waals surface area (Å²) in [5.74, 6) is 0.478. The summed E-state index contributed by atoms with van der Waals surface area (Å²) in [6, 6.07) is 3.57. The molecule has 2 heterocycles. The van der Waals surface area contributed by atoms with E-state index in [1.807, 2.05) is 6.07 Å². The van der Waals surface area contributed by atoms with E-state index in [4.69, 9.17) is 9.84 Å². The number of aromatic hydroxyl groups is 1. The van der Waals surface area contributed by atoms with Gasteiger partial charge >= 0.3 is 5.97 Å². The van der Waals surface area contributed by atoms with E-state index in [0.29, 0.717) is 18.6 Å². The van der Waals surface area contributed by atoms with Crippen molar-refractivity contribution in [1.82, 2.24) is 10.2 Å². The maximum Gasteiger partial charge on any atom is 0.317 e. The highest BCUT2D eigenvalue weighted by Crippen LogP contribution is 2.65. The van der Waals surface area contributed by atoms with Gasteiger partial charge in [-0.15, -0.1) is 0 Å². The lowest BCUT2D eigenvalue weighted by Crippen LogP contribution is -2.78. The molecule has 0 amide bonds. The molecule has 6 rings (SSSR count). The molecule has 29 heavy (non-hydrogen) atoms. The predicted molar refractivity (Wildman–Crippen MR) is 104 cm³/mol. The number of phenolic OH excluding ortho intramolecular Hbond substituents is 1. The lowest BCUT2D eigenvalue weighted by Gasteiger charge is -2.64. The van der Waals surface area contributed by atoms with Crippen LogP contribution in [0.25, 0.3) is 0 Å². The van der Waals surface area contributed by atoms with Gasteiger partial charge in [-0.05, 0) is 62.6 Å². The molecule has 3 fully saturated rings. The third-order valence-corrected chi connectivity index (χ3v) is 8.28. The van der Waals surface area contributed by atoms with Crippen molar-refractivity contribution in [2.75, 3.05) is 19.6 Å². The van der Waals surface area contributed by atoms with Gasteiger partial charge in [-0.3, -0.25) is 9.69 Å². The number of hydrogen-bond donors (Lipinski definition) is 4. The molecular formula is C22H28N2O5. The Bertz CT molecular complexity index is 886. The Labute approximate surface area is 169 Å². The summed E-state index contributed by atoms with van der Waals surface area (Å²) in [7, 11) is 0. The number of aliphatic carboxylic acids is 1. The second kappa shape index (κ2) is 5.86. The first-order valence-corrected chi connectivity index (χ1v) is 10.9. The van der Waals surface area contributed by atoms with Gasteiger partial charge in [-0.2, -0.15) is 0 Å².